The molecular weight excluding hydrogens is 180 g/mol. The van der Waals surface area contributed by atoms with Crippen LogP contribution in [0.2, 0.25) is 0 Å². The molecule has 0 amide bonds. The number of ether oxygens (including phenoxy) is 2. The van der Waals surface area contributed by atoms with Gasteiger partial charge < -0.3 is 19.7 Å². The van der Waals surface area contributed by atoms with Crippen LogP contribution in [0.4, 0.5) is 0 Å². The normalized spacial score (nSPS) is 11.2. The smallest absolute Gasteiger partial charge is 0.308 e. The molecule has 0 aliphatic heterocycles. The third-order valence-electron chi connectivity index (χ3n) is 1.59. The first-order valence-corrected chi connectivity index (χ1v) is 3.49. The van der Waals surface area contributed by atoms with Crippen LogP contribution in [-0.2, 0) is 19.1 Å². The Balaban J connectivity index is 4.48. The summed E-state index contributed by atoms with van der Waals surface area (Å²) in [6, 6.07) is 0. The van der Waals surface area contributed by atoms with E-state index in [1.54, 1.807) is 0 Å². The van der Waals surface area contributed by atoms with Gasteiger partial charge in [-0.05, 0) is 0 Å². The minimum atomic E-state index is -1.57. The van der Waals surface area contributed by atoms with E-state index in [0.29, 0.717) is 0 Å². The summed E-state index contributed by atoms with van der Waals surface area (Å²) in [6.45, 7) is 0. The molecule has 0 aliphatic rings. The van der Waals surface area contributed by atoms with Crippen molar-refractivity contribution in [3.8, 4) is 0 Å². The summed E-state index contributed by atoms with van der Waals surface area (Å²) in [4.78, 5) is 20.7. The number of carboxylic acid groups (broad SMARTS) is 2. The van der Waals surface area contributed by atoms with E-state index in [1.807, 2.05) is 0 Å². The monoisotopic (exact) mass is 192 g/mol. The fourth-order valence-corrected chi connectivity index (χ4v) is 0.895. The molecule has 0 radical (unpaired) electrons. The third-order valence-corrected chi connectivity index (χ3v) is 1.59. The van der Waals surface area contributed by atoms with E-state index in [4.69, 9.17) is 19.7 Å². The molecule has 76 valence electrons. The van der Waals surface area contributed by atoms with Crippen LogP contribution < -0.4 is 0 Å². The Bertz CT molecular complexity index is 177. The topological polar surface area (TPSA) is 93.1 Å². The Morgan fingerprint density at radius 3 is 1.54 bits per heavy atom. The minimum Gasteiger partial charge on any atom is -0.481 e. The first-order valence-electron chi connectivity index (χ1n) is 3.49. The number of aliphatic carboxylic acids is 2. The van der Waals surface area contributed by atoms with Gasteiger partial charge in [0, 0.05) is 14.2 Å². The Labute approximate surface area is 75.1 Å². The van der Waals surface area contributed by atoms with Crippen molar-refractivity contribution < 1.29 is 29.3 Å². The summed E-state index contributed by atoms with van der Waals surface area (Å²) in [7, 11) is 2.41. The van der Waals surface area contributed by atoms with Crippen LogP contribution in [-0.4, -0.2) is 42.2 Å². The molecule has 0 unspecified atom stereocenters. The lowest BCUT2D eigenvalue weighted by Gasteiger charge is -2.27. The molecule has 0 aromatic rings. The molecule has 6 heteroatoms. The predicted molar refractivity (Wildman–Crippen MR) is 41.3 cm³/mol. The van der Waals surface area contributed by atoms with Gasteiger partial charge >= 0.3 is 11.9 Å². The van der Waals surface area contributed by atoms with Crippen molar-refractivity contribution in [2.45, 2.75) is 18.6 Å². The zero-order valence-electron chi connectivity index (χ0n) is 7.44. The Hall–Kier alpha value is -1.14. The van der Waals surface area contributed by atoms with E-state index in [0.717, 1.165) is 0 Å². The van der Waals surface area contributed by atoms with Gasteiger partial charge in [0.05, 0.1) is 12.8 Å². The van der Waals surface area contributed by atoms with Gasteiger partial charge in [-0.15, -0.1) is 0 Å². The molecule has 0 bridgehead atoms. The largest absolute Gasteiger partial charge is 0.481 e. The molecule has 0 aromatic heterocycles. The minimum absolute atomic E-state index is 0.508. The molecule has 0 spiro atoms. The highest BCUT2D eigenvalue weighted by atomic mass is 16.7. The number of methoxy groups -OCH3 is 2. The standard InChI is InChI=1S/C7H12O6/c1-12-7(13-2,3-5(8)9)4-6(10)11/h3-4H2,1-2H3,(H,8,9)(H,10,11). The maximum Gasteiger partial charge on any atom is 0.308 e. The Morgan fingerprint density at radius 2 is 1.38 bits per heavy atom. The molecule has 13 heavy (non-hydrogen) atoms. The van der Waals surface area contributed by atoms with Crippen LogP contribution in [0.3, 0.4) is 0 Å². The Morgan fingerprint density at radius 1 is 1.08 bits per heavy atom. The van der Waals surface area contributed by atoms with Gasteiger partial charge in [-0.3, -0.25) is 9.59 Å². The molecule has 2 N–H and O–H groups in total. The predicted octanol–water partition coefficient (Wildman–Crippen LogP) is -0.0751. The van der Waals surface area contributed by atoms with E-state index < -0.39 is 30.6 Å². The van der Waals surface area contributed by atoms with Crippen molar-refractivity contribution in [1.82, 2.24) is 0 Å². The molecular formula is C7H12O6. The first kappa shape index (κ1) is 11.9. The highest BCUT2D eigenvalue weighted by Crippen LogP contribution is 2.20. The maximum absolute atomic E-state index is 10.4. The van der Waals surface area contributed by atoms with Crippen molar-refractivity contribution >= 4 is 11.9 Å². The summed E-state index contributed by atoms with van der Waals surface area (Å²) >= 11 is 0. The molecule has 0 aromatic carbocycles. The van der Waals surface area contributed by atoms with Crippen LogP contribution in [0, 0.1) is 0 Å². The van der Waals surface area contributed by atoms with Crippen molar-refractivity contribution in [2.75, 3.05) is 14.2 Å². The van der Waals surface area contributed by atoms with E-state index in [1.165, 1.54) is 14.2 Å². The Kier molecular flexibility index (Phi) is 4.36. The van der Waals surface area contributed by atoms with E-state index in [9.17, 15) is 9.59 Å². The highest BCUT2D eigenvalue weighted by Gasteiger charge is 2.35. The molecule has 0 atom stereocenters. The average molecular weight is 192 g/mol. The highest BCUT2D eigenvalue weighted by molar-refractivity contribution is 5.72. The SMILES string of the molecule is COC(CC(=O)O)(CC(=O)O)OC. The van der Waals surface area contributed by atoms with Crippen LogP contribution >= 0.6 is 0 Å². The summed E-state index contributed by atoms with van der Waals surface area (Å²) in [5.41, 5.74) is 0. The lowest BCUT2D eigenvalue weighted by molar-refractivity contribution is -0.221. The zero-order chi connectivity index (χ0) is 10.5. The van der Waals surface area contributed by atoms with Crippen molar-refractivity contribution in [1.29, 1.82) is 0 Å². The summed E-state index contributed by atoms with van der Waals surface area (Å²) in [5.74, 6) is -3.92. The van der Waals surface area contributed by atoms with Crippen LogP contribution in [0.1, 0.15) is 12.8 Å². The van der Waals surface area contributed by atoms with Crippen LogP contribution in [0.25, 0.3) is 0 Å². The lowest BCUT2D eigenvalue weighted by atomic mass is 10.1. The van der Waals surface area contributed by atoms with Crippen molar-refractivity contribution in [2.24, 2.45) is 0 Å². The van der Waals surface area contributed by atoms with E-state index in [-0.39, 0.29) is 0 Å². The fourth-order valence-electron chi connectivity index (χ4n) is 0.895. The molecule has 0 rings (SSSR count). The second-order valence-corrected chi connectivity index (χ2v) is 2.46. The van der Waals surface area contributed by atoms with E-state index >= 15 is 0 Å². The van der Waals surface area contributed by atoms with Gasteiger partial charge in [-0.1, -0.05) is 0 Å². The number of hydrogen-bond donors (Lipinski definition) is 2. The molecule has 0 fully saturated rings. The van der Waals surface area contributed by atoms with Gasteiger partial charge in [0.2, 0.25) is 0 Å². The van der Waals surface area contributed by atoms with E-state index in [2.05, 4.69) is 0 Å². The van der Waals surface area contributed by atoms with Gasteiger partial charge in [-0.2, -0.15) is 0 Å². The second-order valence-electron chi connectivity index (χ2n) is 2.46. The number of carbonyl (C=O) groups is 2. The molecule has 0 heterocycles. The third kappa shape index (κ3) is 3.86. The van der Waals surface area contributed by atoms with Crippen molar-refractivity contribution in [3.05, 3.63) is 0 Å². The fraction of sp³-hybridized carbons (Fsp3) is 0.714. The number of carboxylic acids is 2. The number of rotatable bonds is 6. The quantitative estimate of drug-likeness (QED) is 0.572. The summed E-state index contributed by atoms with van der Waals surface area (Å²) < 4.78 is 9.45. The first-order chi connectivity index (χ1) is 5.95. The lowest BCUT2D eigenvalue weighted by Crippen LogP contribution is -2.38. The average Bonchev–Trinajstić information content (AvgIpc) is 2.01. The summed E-state index contributed by atoms with van der Waals surface area (Å²) in [5, 5.41) is 16.9. The van der Waals surface area contributed by atoms with Gasteiger partial charge in [0.25, 0.3) is 0 Å². The van der Waals surface area contributed by atoms with Crippen molar-refractivity contribution in [3.63, 3.8) is 0 Å². The number of hydrogen-bond acceptors (Lipinski definition) is 4. The molecule has 0 saturated carbocycles. The van der Waals surface area contributed by atoms with Gasteiger partial charge in [0.1, 0.15) is 0 Å². The molecule has 6 nitrogen and oxygen atoms in total. The zero-order valence-corrected chi connectivity index (χ0v) is 7.44. The van der Waals surface area contributed by atoms with Crippen LogP contribution in [0.5, 0.6) is 0 Å². The molecule has 0 aliphatic carbocycles. The second kappa shape index (κ2) is 4.78. The maximum atomic E-state index is 10.4. The molecule has 0 saturated heterocycles. The van der Waals surface area contributed by atoms with Gasteiger partial charge in [-0.25, -0.2) is 0 Å². The summed E-state index contributed by atoms with van der Waals surface area (Å²) in [6.07, 6.45) is -1.02. The van der Waals surface area contributed by atoms with Gasteiger partial charge in [0.15, 0.2) is 5.79 Å². The van der Waals surface area contributed by atoms with Crippen LogP contribution in [0.15, 0.2) is 0 Å².